The molecule has 1 aromatic carbocycles. The van der Waals surface area contributed by atoms with E-state index < -0.39 is 11.9 Å². The van der Waals surface area contributed by atoms with E-state index in [2.05, 4.69) is 9.72 Å². The monoisotopic (exact) mass is 205 g/mol. The summed E-state index contributed by atoms with van der Waals surface area (Å²) in [5.74, 6) is -1.48. The Morgan fingerprint density at radius 1 is 1.40 bits per heavy atom. The Morgan fingerprint density at radius 2 is 2.13 bits per heavy atom. The summed E-state index contributed by atoms with van der Waals surface area (Å²) < 4.78 is 18.0. The molecule has 1 aromatic heterocycles. The number of hydrogen-bond donors (Lipinski definition) is 0. The Labute approximate surface area is 85.5 Å². The molecule has 15 heavy (non-hydrogen) atoms. The molecule has 0 aliphatic heterocycles. The van der Waals surface area contributed by atoms with E-state index in [4.69, 9.17) is 0 Å². The summed E-state index contributed by atoms with van der Waals surface area (Å²) in [6.45, 7) is 1.22. The minimum Gasteiger partial charge on any atom is -0.422 e. The molecule has 2 rings (SSSR count). The predicted octanol–water partition coefficient (Wildman–Crippen LogP) is 2.30. The second kappa shape index (κ2) is 3.65. The first-order valence-corrected chi connectivity index (χ1v) is 4.40. The van der Waals surface area contributed by atoms with Crippen LogP contribution in [-0.4, -0.2) is 11.0 Å². The number of hydrogen-bond acceptors (Lipinski definition) is 3. The summed E-state index contributed by atoms with van der Waals surface area (Å²) in [7, 11) is 0. The van der Waals surface area contributed by atoms with Gasteiger partial charge in [0.05, 0.1) is 5.52 Å². The summed E-state index contributed by atoms with van der Waals surface area (Å²) in [5, 5.41) is 0.732. The van der Waals surface area contributed by atoms with Gasteiger partial charge in [0.2, 0.25) is 0 Å². The van der Waals surface area contributed by atoms with Gasteiger partial charge < -0.3 is 4.74 Å². The van der Waals surface area contributed by atoms with Crippen LogP contribution in [0.1, 0.15) is 6.92 Å². The lowest BCUT2D eigenvalue weighted by molar-refractivity contribution is -0.132. The Kier molecular flexibility index (Phi) is 2.33. The number of aromatic nitrogens is 1. The topological polar surface area (TPSA) is 39.2 Å². The lowest BCUT2D eigenvalue weighted by atomic mass is 10.2. The normalized spacial score (nSPS) is 10.3. The van der Waals surface area contributed by atoms with E-state index >= 15 is 0 Å². The Balaban J connectivity index is 2.56. The molecule has 0 spiro atoms. The van der Waals surface area contributed by atoms with Crippen molar-refractivity contribution in [3.8, 4) is 5.75 Å². The molecule has 4 heteroatoms. The minimum atomic E-state index is -0.774. The molecule has 0 bridgehead atoms. The van der Waals surface area contributed by atoms with Gasteiger partial charge in [-0.3, -0.25) is 4.79 Å². The lowest BCUT2D eigenvalue weighted by Gasteiger charge is -2.03. The fourth-order valence-electron chi connectivity index (χ4n) is 1.30. The number of rotatable bonds is 1. The van der Waals surface area contributed by atoms with Crippen molar-refractivity contribution in [2.75, 3.05) is 0 Å². The van der Waals surface area contributed by atoms with E-state index in [1.807, 2.05) is 0 Å². The van der Waals surface area contributed by atoms with E-state index in [-0.39, 0.29) is 5.75 Å². The molecule has 3 nitrogen and oxygen atoms in total. The summed E-state index contributed by atoms with van der Waals surface area (Å²) >= 11 is 0. The molecular weight excluding hydrogens is 197 g/mol. The molecule has 0 aliphatic rings. The Bertz CT molecular complexity index is 525. The molecule has 0 aliphatic carbocycles. The van der Waals surface area contributed by atoms with Gasteiger partial charge in [-0.05, 0) is 12.1 Å². The molecule has 0 saturated carbocycles. The zero-order chi connectivity index (χ0) is 10.8. The van der Waals surface area contributed by atoms with Crippen molar-refractivity contribution in [2.45, 2.75) is 6.92 Å². The van der Waals surface area contributed by atoms with Gasteiger partial charge in [0.15, 0.2) is 5.75 Å². The zero-order valence-electron chi connectivity index (χ0n) is 8.03. The van der Waals surface area contributed by atoms with E-state index in [1.165, 1.54) is 13.0 Å². The largest absolute Gasteiger partial charge is 0.422 e. The van der Waals surface area contributed by atoms with Gasteiger partial charge in [0.1, 0.15) is 0 Å². The number of nitrogens with zero attached hydrogens (tertiary/aromatic N) is 1. The number of benzene rings is 1. The molecule has 1 heterocycles. The number of pyridine rings is 1. The van der Waals surface area contributed by atoms with E-state index in [0.717, 1.165) is 5.39 Å². The van der Waals surface area contributed by atoms with Crippen molar-refractivity contribution in [1.29, 1.82) is 0 Å². The van der Waals surface area contributed by atoms with Crippen LogP contribution in [0.4, 0.5) is 4.39 Å². The molecule has 2 aromatic rings. The molecule has 0 atom stereocenters. The number of carbonyl (C=O) groups excluding carboxylic acids is 1. The lowest BCUT2D eigenvalue weighted by Crippen LogP contribution is -2.04. The van der Waals surface area contributed by atoms with Gasteiger partial charge in [-0.1, -0.05) is 18.2 Å². The smallest absolute Gasteiger partial charge is 0.308 e. The van der Waals surface area contributed by atoms with Crippen LogP contribution in [0.2, 0.25) is 0 Å². The van der Waals surface area contributed by atoms with Crippen LogP contribution in [0.5, 0.6) is 5.75 Å². The van der Waals surface area contributed by atoms with Crippen molar-refractivity contribution in [3.05, 3.63) is 36.3 Å². The number of fused-ring (bicyclic) bond motifs is 1. The molecule has 76 valence electrons. The fraction of sp³-hybridized carbons (Fsp3) is 0.0909. The van der Waals surface area contributed by atoms with Crippen LogP contribution in [0.15, 0.2) is 30.3 Å². The molecule has 0 fully saturated rings. The van der Waals surface area contributed by atoms with Crippen molar-refractivity contribution in [2.24, 2.45) is 0 Å². The van der Waals surface area contributed by atoms with E-state index in [9.17, 15) is 9.18 Å². The number of ether oxygens (including phenoxy) is 1. The Morgan fingerprint density at radius 3 is 2.87 bits per heavy atom. The first-order valence-electron chi connectivity index (χ1n) is 4.40. The highest BCUT2D eigenvalue weighted by Gasteiger charge is 2.08. The van der Waals surface area contributed by atoms with Crippen molar-refractivity contribution in [3.63, 3.8) is 0 Å². The summed E-state index contributed by atoms with van der Waals surface area (Å²) in [6.07, 6.45) is 0. The molecule has 0 saturated heterocycles. The highest BCUT2D eigenvalue weighted by molar-refractivity contribution is 5.80. The number of carbonyl (C=O) groups is 1. The van der Waals surface area contributed by atoms with E-state index in [1.54, 1.807) is 24.3 Å². The first kappa shape index (κ1) is 9.58. The van der Waals surface area contributed by atoms with E-state index in [0.29, 0.717) is 5.52 Å². The molecule has 0 radical (unpaired) electrons. The third kappa shape index (κ3) is 1.93. The van der Waals surface area contributed by atoms with Gasteiger partial charge in [0.25, 0.3) is 5.95 Å². The van der Waals surface area contributed by atoms with Gasteiger partial charge in [-0.25, -0.2) is 4.98 Å². The maximum absolute atomic E-state index is 13.3. The van der Waals surface area contributed by atoms with Crippen LogP contribution in [-0.2, 0) is 4.79 Å². The number of halogens is 1. The molecular formula is C11H8FNO2. The van der Waals surface area contributed by atoms with Crippen molar-refractivity contribution < 1.29 is 13.9 Å². The van der Waals surface area contributed by atoms with Crippen LogP contribution in [0, 0.1) is 5.95 Å². The highest BCUT2D eigenvalue weighted by Crippen LogP contribution is 2.21. The fourth-order valence-corrected chi connectivity index (χ4v) is 1.30. The third-order valence-corrected chi connectivity index (χ3v) is 1.90. The van der Waals surface area contributed by atoms with Crippen molar-refractivity contribution in [1.82, 2.24) is 4.98 Å². The van der Waals surface area contributed by atoms with Gasteiger partial charge in [-0.15, -0.1) is 0 Å². The molecule has 0 N–H and O–H groups in total. The number of para-hydroxylation sites is 1. The molecule has 0 amide bonds. The van der Waals surface area contributed by atoms with Crippen LogP contribution < -0.4 is 4.74 Å². The Hall–Kier alpha value is -1.97. The average Bonchev–Trinajstić information content (AvgIpc) is 2.18. The van der Waals surface area contributed by atoms with Crippen LogP contribution >= 0.6 is 0 Å². The van der Waals surface area contributed by atoms with Crippen molar-refractivity contribution >= 4 is 16.9 Å². The second-order valence-electron chi connectivity index (χ2n) is 3.06. The quantitative estimate of drug-likeness (QED) is 0.529. The van der Waals surface area contributed by atoms with Gasteiger partial charge in [0, 0.05) is 12.3 Å². The summed E-state index contributed by atoms with van der Waals surface area (Å²) in [5.41, 5.74) is 0.533. The third-order valence-electron chi connectivity index (χ3n) is 1.90. The summed E-state index contributed by atoms with van der Waals surface area (Å²) in [6, 6.07) is 8.49. The summed E-state index contributed by atoms with van der Waals surface area (Å²) in [4.78, 5) is 14.4. The van der Waals surface area contributed by atoms with Gasteiger partial charge in [-0.2, -0.15) is 4.39 Å². The van der Waals surface area contributed by atoms with Crippen LogP contribution in [0.25, 0.3) is 10.9 Å². The molecule has 0 unspecified atom stereocenters. The maximum Gasteiger partial charge on any atom is 0.308 e. The maximum atomic E-state index is 13.3. The van der Waals surface area contributed by atoms with Crippen LogP contribution in [0.3, 0.4) is 0 Å². The SMILES string of the molecule is CC(=O)Oc1cc2ccccc2nc1F. The number of esters is 1. The zero-order valence-corrected chi connectivity index (χ0v) is 8.03. The standard InChI is InChI=1S/C11H8FNO2/c1-7(14)15-10-6-8-4-2-3-5-9(8)13-11(10)12/h2-6H,1H3. The average molecular weight is 205 g/mol. The van der Waals surface area contributed by atoms with Gasteiger partial charge >= 0.3 is 5.97 Å². The second-order valence-corrected chi connectivity index (χ2v) is 3.06. The first-order chi connectivity index (χ1) is 7.16. The predicted molar refractivity (Wildman–Crippen MR) is 53.0 cm³/mol. The minimum absolute atomic E-state index is 0.138. The highest BCUT2D eigenvalue weighted by atomic mass is 19.1.